The van der Waals surface area contributed by atoms with Crippen LogP contribution in [-0.4, -0.2) is 126 Å². The lowest BCUT2D eigenvalue weighted by Crippen LogP contribution is -2.54. The number of unbranched alkanes of at least 4 members (excludes halogenated alkanes) is 7. The second-order valence-electron chi connectivity index (χ2n) is 13.6. The van der Waals surface area contributed by atoms with Gasteiger partial charge in [0.05, 0.1) is 41.3 Å². The van der Waals surface area contributed by atoms with Gasteiger partial charge in [-0.3, -0.25) is 19.2 Å². The summed E-state index contributed by atoms with van der Waals surface area (Å²) < 4.78 is 21.6. The van der Waals surface area contributed by atoms with Crippen molar-refractivity contribution in [3.8, 4) is 0 Å². The first-order chi connectivity index (χ1) is 22.1. The van der Waals surface area contributed by atoms with Gasteiger partial charge in [-0.1, -0.05) is 72.5 Å². The summed E-state index contributed by atoms with van der Waals surface area (Å²) in [6, 6.07) is -0.373. The number of carbonyl (C=O) groups is 5. The van der Waals surface area contributed by atoms with Gasteiger partial charge in [-0.2, -0.15) is 0 Å². The van der Waals surface area contributed by atoms with E-state index in [-0.39, 0.29) is 96.3 Å². The first-order valence-corrected chi connectivity index (χ1v) is 17.2. The van der Waals surface area contributed by atoms with Gasteiger partial charge in [0.2, 0.25) is 0 Å². The predicted octanol–water partition coefficient (Wildman–Crippen LogP) is 6.27. The highest BCUT2D eigenvalue weighted by atomic mass is 16.5. The van der Waals surface area contributed by atoms with Crippen LogP contribution in [0, 0.1) is 14.9 Å². The fourth-order valence-corrected chi connectivity index (χ4v) is 5.00. The van der Waals surface area contributed by atoms with Crippen molar-refractivity contribution < 1.29 is 51.9 Å². The average Bonchev–Trinajstić information content (AvgIpc) is 2.95. The van der Waals surface area contributed by atoms with E-state index in [1.54, 1.807) is 0 Å². The summed E-state index contributed by atoms with van der Waals surface area (Å²) >= 11 is 0. The molecule has 2 atom stereocenters. The maximum Gasteiger partial charge on any atom is 0.362 e. The summed E-state index contributed by atoms with van der Waals surface area (Å²) in [4.78, 5) is 60.2. The number of quaternary nitrogens is 2. The van der Waals surface area contributed by atoms with Gasteiger partial charge >= 0.3 is 23.9 Å². The Hall–Kier alpha value is -2.99. The molecule has 0 aliphatic heterocycles. The van der Waals surface area contributed by atoms with Crippen LogP contribution in [0.25, 0.3) is 0 Å². The van der Waals surface area contributed by atoms with E-state index in [9.17, 15) is 24.0 Å². The van der Waals surface area contributed by atoms with Crippen LogP contribution >= 0.6 is 0 Å². The van der Waals surface area contributed by atoms with Crippen LogP contribution < -0.4 is 5.32 Å². The molecule has 304 valence electrons. The smallest absolute Gasteiger partial charge is 0.362 e. The number of methoxy groups -OCH3 is 1. The summed E-state index contributed by atoms with van der Waals surface area (Å²) in [5, 5.41) is 3.17. The Morgan fingerprint density at radius 2 is 1.24 bits per heavy atom. The number of esters is 4. The molecule has 12 heteroatoms. The van der Waals surface area contributed by atoms with E-state index in [0.717, 1.165) is 57.8 Å². The van der Waals surface area contributed by atoms with Crippen molar-refractivity contribution in [2.24, 2.45) is 0 Å². The van der Waals surface area contributed by atoms with Gasteiger partial charge in [0.15, 0.2) is 13.1 Å². The summed E-state index contributed by atoms with van der Waals surface area (Å²) in [6.45, 7) is 6.47. The van der Waals surface area contributed by atoms with Crippen LogP contribution in [0.3, 0.4) is 0 Å². The third kappa shape index (κ3) is 33.9. The molecule has 0 fully saturated rings. The van der Waals surface area contributed by atoms with E-state index in [1.165, 1.54) is 21.0 Å². The number of likely N-dealkylation sites (N-methyl/N-ethyl adjacent to an activating group) is 2. The van der Waals surface area contributed by atoms with E-state index in [0.29, 0.717) is 36.8 Å². The lowest BCUT2D eigenvalue weighted by Gasteiger charge is -2.33. The SMILES string of the molecule is C.C.CCCCCC(NC(=O)C[N+](C)(C)CCOC(C)=O)C(CC=CCCCCCCCC(=O)OC)OC(=O)C[N+](C)(C)CCOC(C)=O.[CH3-].[CH3-]. The summed E-state index contributed by atoms with van der Waals surface area (Å²) in [7, 11) is 8.98. The zero-order chi connectivity index (χ0) is 35.7. The molecule has 0 spiro atoms. The number of hydrogen-bond acceptors (Lipinski definition) is 9. The molecule has 0 saturated carbocycles. The molecule has 0 bridgehead atoms. The molecule has 0 rings (SSSR count). The average molecular weight is 734 g/mol. The van der Waals surface area contributed by atoms with Crippen molar-refractivity contribution in [3.05, 3.63) is 27.0 Å². The molecule has 0 saturated heterocycles. The Morgan fingerprint density at radius 1 is 0.706 bits per heavy atom. The third-order valence-electron chi connectivity index (χ3n) is 7.84. The highest BCUT2D eigenvalue weighted by molar-refractivity contribution is 5.77. The predicted molar refractivity (Wildman–Crippen MR) is 207 cm³/mol. The second kappa shape index (κ2) is 32.9. The number of nitrogens with zero attached hydrogens (tertiary/aromatic N) is 2. The lowest BCUT2D eigenvalue weighted by molar-refractivity contribution is -0.883. The molecule has 1 amide bonds. The van der Waals surface area contributed by atoms with Gasteiger partial charge in [0.1, 0.15) is 32.4 Å². The zero-order valence-corrected chi connectivity index (χ0v) is 32.6. The molecular weight excluding hydrogens is 654 g/mol. The van der Waals surface area contributed by atoms with Gasteiger partial charge < -0.3 is 48.1 Å². The largest absolute Gasteiger partial charge is 0.469 e. The van der Waals surface area contributed by atoms with Crippen LogP contribution in [0.5, 0.6) is 0 Å². The van der Waals surface area contributed by atoms with E-state index < -0.39 is 6.10 Å². The van der Waals surface area contributed by atoms with Crippen LogP contribution in [-0.2, 0) is 42.9 Å². The highest BCUT2D eigenvalue weighted by Gasteiger charge is 2.31. The lowest BCUT2D eigenvalue weighted by atomic mass is 9.99. The molecule has 0 aromatic rings. The van der Waals surface area contributed by atoms with E-state index in [1.807, 2.05) is 34.3 Å². The van der Waals surface area contributed by atoms with Crippen molar-refractivity contribution >= 4 is 29.8 Å². The molecule has 1 N–H and O–H groups in total. The number of hydrogen-bond donors (Lipinski definition) is 1. The van der Waals surface area contributed by atoms with Crippen molar-refractivity contribution in [1.29, 1.82) is 0 Å². The molecule has 0 aromatic carbocycles. The Bertz CT molecular complexity index is 968. The molecule has 0 aliphatic rings. The van der Waals surface area contributed by atoms with Crippen LogP contribution in [0.4, 0.5) is 0 Å². The van der Waals surface area contributed by atoms with Gasteiger partial charge in [-0.15, -0.1) is 0 Å². The molecule has 0 aromatic heterocycles. The molecule has 2 unspecified atom stereocenters. The van der Waals surface area contributed by atoms with Crippen molar-refractivity contribution in [1.82, 2.24) is 5.32 Å². The van der Waals surface area contributed by atoms with Crippen LogP contribution in [0.2, 0.25) is 0 Å². The Labute approximate surface area is 313 Å². The standard InChI is InChI=1S/C35H64N3O9.2CH4.2CH3/c1-9-10-17-20-31(36-33(41)27-37(4,5)23-25-45-29(2)39)32(47-35(43)28-38(6,7)24-26-46-30(3)40)21-18-15-13-11-12-14-16-19-22-34(42)44-8;;;;/h15,18,31-32H,9-14,16-17,19-28H2,1-8H3;2*1H4;2*1H3/q+1;;;2*-1/p+1. The minimum absolute atomic E-state index is 0. The third-order valence-corrected chi connectivity index (χ3v) is 7.84. The molecule has 0 heterocycles. The topological polar surface area (TPSA) is 134 Å². The minimum Gasteiger partial charge on any atom is -0.469 e. The molecule has 0 aliphatic carbocycles. The molecule has 51 heavy (non-hydrogen) atoms. The number of allylic oxidation sites excluding steroid dienone is 1. The summed E-state index contributed by atoms with van der Waals surface area (Å²) in [6.07, 6.45) is 13.9. The van der Waals surface area contributed by atoms with Crippen molar-refractivity contribution in [2.75, 3.05) is 74.7 Å². The van der Waals surface area contributed by atoms with Crippen LogP contribution in [0.1, 0.15) is 113 Å². The maximum absolute atomic E-state index is 13.3. The Kier molecular flexibility index (Phi) is 37.0. The number of ether oxygens (including phenoxy) is 4. The summed E-state index contributed by atoms with van der Waals surface area (Å²) in [5.74, 6) is -1.42. The van der Waals surface area contributed by atoms with E-state index >= 15 is 0 Å². The number of nitrogens with one attached hydrogen (secondary N) is 1. The maximum atomic E-state index is 13.3. The quantitative estimate of drug-likeness (QED) is 0.0259. The van der Waals surface area contributed by atoms with E-state index in [2.05, 4.69) is 23.1 Å². The van der Waals surface area contributed by atoms with Crippen LogP contribution in [0.15, 0.2) is 12.2 Å². The zero-order valence-electron chi connectivity index (χ0n) is 32.6. The first-order valence-electron chi connectivity index (χ1n) is 17.2. The van der Waals surface area contributed by atoms with Gasteiger partial charge in [-0.25, -0.2) is 4.79 Å². The number of carbonyl (C=O) groups excluding carboxylic acids is 5. The summed E-state index contributed by atoms with van der Waals surface area (Å²) in [5.41, 5.74) is 0. The first kappa shape index (κ1) is 57.4. The Balaban J connectivity index is -0.00000176. The van der Waals surface area contributed by atoms with Crippen molar-refractivity contribution in [3.63, 3.8) is 0 Å². The fraction of sp³-hybridized carbons (Fsp3) is 0.769. The molecule has 12 nitrogen and oxygen atoms in total. The Morgan fingerprint density at radius 3 is 1.76 bits per heavy atom. The van der Waals surface area contributed by atoms with Gasteiger partial charge in [-0.05, 0) is 25.7 Å². The van der Waals surface area contributed by atoms with Gasteiger partial charge in [0, 0.05) is 26.7 Å². The minimum atomic E-state index is -0.553. The normalized spacial score (nSPS) is 12.1. The second-order valence-corrected chi connectivity index (χ2v) is 13.6. The molecular formula is C39H79N3O9. The number of amides is 1. The number of rotatable bonds is 27. The molecule has 0 radical (unpaired) electrons. The van der Waals surface area contributed by atoms with Gasteiger partial charge in [0.25, 0.3) is 5.91 Å². The van der Waals surface area contributed by atoms with E-state index in [4.69, 9.17) is 14.2 Å². The van der Waals surface area contributed by atoms with Crippen molar-refractivity contribution in [2.45, 2.75) is 125 Å². The fourth-order valence-electron chi connectivity index (χ4n) is 5.00. The monoisotopic (exact) mass is 734 g/mol. The highest BCUT2D eigenvalue weighted by Crippen LogP contribution is 2.16.